The van der Waals surface area contributed by atoms with Gasteiger partial charge in [0.2, 0.25) is 0 Å². The Hall–Kier alpha value is -0.570. The van der Waals surface area contributed by atoms with E-state index >= 15 is 0 Å². The predicted molar refractivity (Wildman–Crippen MR) is 44.6 cm³/mol. The third-order valence-corrected chi connectivity index (χ3v) is 3.04. The number of fused-ring (bicyclic) bond motifs is 1. The Morgan fingerprint density at radius 3 is 3.00 bits per heavy atom. The lowest BCUT2D eigenvalue weighted by molar-refractivity contribution is -0.173. The molecule has 2 unspecified atom stereocenters. The van der Waals surface area contributed by atoms with Gasteiger partial charge >= 0.3 is 5.97 Å². The second-order valence-corrected chi connectivity index (χ2v) is 4.31. The van der Waals surface area contributed by atoms with E-state index in [0.717, 1.165) is 13.1 Å². The smallest absolute Gasteiger partial charge is 0.306 e. The molecular weight excluding hydrogens is 154 g/mol. The van der Waals surface area contributed by atoms with Gasteiger partial charge < -0.3 is 10.1 Å². The van der Waals surface area contributed by atoms with Crippen molar-refractivity contribution in [2.24, 2.45) is 11.8 Å². The molecule has 0 radical (unpaired) electrons. The number of hydrogen-bond donors (Lipinski definition) is 1. The van der Waals surface area contributed by atoms with Crippen molar-refractivity contribution in [3.8, 4) is 0 Å². The van der Waals surface area contributed by atoms with E-state index in [2.05, 4.69) is 5.32 Å². The normalized spacial score (nSPS) is 39.0. The Kier molecular flexibility index (Phi) is 1.65. The van der Waals surface area contributed by atoms with Crippen LogP contribution < -0.4 is 5.32 Å². The molecule has 2 fully saturated rings. The molecule has 68 valence electrons. The van der Waals surface area contributed by atoms with E-state index in [1.807, 2.05) is 13.8 Å². The van der Waals surface area contributed by atoms with Crippen molar-refractivity contribution in [1.29, 1.82) is 0 Å². The number of ether oxygens (including phenoxy) is 1. The minimum atomic E-state index is -0.260. The van der Waals surface area contributed by atoms with Gasteiger partial charge in [0.1, 0.15) is 5.60 Å². The topological polar surface area (TPSA) is 38.3 Å². The van der Waals surface area contributed by atoms with Gasteiger partial charge in [-0.1, -0.05) is 0 Å². The van der Waals surface area contributed by atoms with Gasteiger partial charge in [-0.25, -0.2) is 0 Å². The number of esters is 1. The van der Waals surface area contributed by atoms with Crippen LogP contribution in [0.15, 0.2) is 0 Å². The minimum absolute atomic E-state index is 0.0371. The molecule has 0 saturated carbocycles. The zero-order valence-electron chi connectivity index (χ0n) is 7.59. The van der Waals surface area contributed by atoms with Crippen molar-refractivity contribution >= 4 is 5.97 Å². The first-order valence-electron chi connectivity index (χ1n) is 4.52. The highest BCUT2D eigenvalue weighted by Crippen LogP contribution is 2.37. The zero-order valence-corrected chi connectivity index (χ0v) is 7.59. The first-order valence-corrected chi connectivity index (χ1v) is 4.52. The van der Waals surface area contributed by atoms with Crippen molar-refractivity contribution in [2.45, 2.75) is 25.9 Å². The highest BCUT2D eigenvalue weighted by molar-refractivity contribution is 5.71. The van der Waals surface area contributed by atoms with Crippen LogP contribution in [0.2, 0.25) is 0 Å². The Labute approximate surface area is 72.5 Å². The maximum atomic E-state index is 11.2. The third-order valence-electron chi connectivity index (χ3n) is 3.04. The van der Waals surface area contributed by atoms with E-state index < -0.39 is 0 Å². The van der Waals surface area contributed by atoms with Crippen LogP contribution in [0.3, 0.4) is 0 Å². The van der Waals surface area contributed by atoms with Crippen LogP contribution in [0.5, 0.6) is 0 Å². The predicted octanol–water partition coefficient (Wildman–Crippen LogP) is 0.547. The zero-order chi connectivity index (χ0) is 8.77. The SMILES string of the molecule is CC1(C)OC(=O)CC2CNCC21. The Bertz CT molecular complexity index is 213. The van der Waals surface area contributed by atoms with E-state index in [9.17, 15) is 4.79 Å². The lowest BCUT2D eigenvalue weighted by Gasteiger charge is -2.38. The first-order chi connectivity index (χ1) is 5.59. The monoisotopic (exact) mass is 169 g/mol. The van der Waals surface area contributed by atoms with Crippen LogP contribution in [0.4, 0.5) is 0 Å². The second-order valence-electron chi connectivity index (χ2n) is 4.31. The first kappa shape index (κ1) is 8.05. The number of carbonyl (C=O) groups excluding carboxylic acids is 1. The van der Waals surface area contributed by atoms with E-state index in [-0.39, 0.29) is 11.6 Å². The van der Waals surface area contributed by atoms with Crippen molar-refractivity contribution in [3.63, 3.8) is 0 Å². The summed E-state index contributed by atoms with van der Waals surface area (Å²) < 4.78 is 5.31. The summed E-state index contributed by atoms with van der Waals surface area (Å²) >= 11 is 0. The van der Waals surface area contributed by atoms with Gasteiger partial charge in [0, 0.05) is 12.5 Å². The van der Waals surface area contributed by atoms with Gasteiger partial charge in [0.25, 0.3) is 0 Å². The minimum Gasteiger partial charge on any atom is -0.459 e. The largest absolute Gasteiger partial charge is 0.459 e. The molecule has 2 rings (SSSR count). The molecule has 2 atom stereocenters. The van der Waals surface area contributed by atoms with Gasteiger partial charge in [-0.2, -0.15) is 0 Å². The van der Waals surface area contributed by atoms with Gasteiger partial charge in [0.15, 0.2) is 0 Å². The summed E-state index contributed by atoms with van der Waals surface area (Å²) in [6, 6.07) is 0. The molecule has 0 aromatic heterocycles. The van der Waals surface area contributed by atoms with Crippen molar-refractivity contribution in [3.05, 3.63) is 0 Å². The molecule has 0 aromatic carbocycles. The number of rotatable bonds is 0. The van der Waals surface area contributed by atoms with E-state index in [0.29, 0.717) is 18.3 Å². The third kappa shape index (κ3) is 1.12. The molecule has 3 heteroatoms. The number of hydrogen-bond acceptors (Lipinski definition) is 3. The molecule has 2 heterocycles. The van der Waals surface area contributed by atoms with Crippen molar-refractivity contribution in [2.75, 3.05) is 13.1 Å². The van der Waals surface area contributed by atoms with Crippen LogP contribution >= 0.6 is 0 Å². The maximum Gasteiger partial charge on any atom is 0.306 e. The molecule has 0 spiro atoms. The van der Waals surface area contributed by atoms with Crippen LogP contribution in [-0.2, 0) is 9.53 Å². The molecule has 0 bridgehead atoms. The average Bonchev–Trinajstić information content (AvgIpc) is 2.32. The summed E-state index contributed by atoms with van der Waals surface area (Å²) in [5.41, 5.74) is -0.260. The standard InChI is InChI=1S/C9H15NO2/c1-9(2)7-5-10-4-6(7)3-8(11)12-9/h6-7,10H,3-5H2,1-2H3. The van der Waals surface area contributed by atoms with Crippen LogP contribution in [0.1, 0.15) is 20.3 Å². The molecule has 1 N–H and O–H groups in total. The lowest BCUT2D eigenvalue weighted by Crippen LogP contribution is -2.45. The quantitative estimate of drug-likeness (QED) is 0.538. The number of cyclic esters (lactones) is 1. The number of carbonyl (C=O) groups is 1. The fourth-order valence-electron chi connectivity index (χ4n) is 2.39. The summed E-state index contributed by atoms with van der Waals surface area (Å²) in [4.78, 5) is 11.2. The maximum absolute atomic E-state index is 11.2. The molecule has 3 nitrogen and oxygen atoms in total. The summed E-state index contributed by atoms with van der Waals surface area (Å²) in [6.45, 7) is 5.98. The lowest BCUT2D eigenvalue weighted by atomic mass is 9.79. The Balaban J connectivity index is 2.20. The van der Waals surface area contributed by atoms with Gasteiger partial charge in [-0.15, -0.1) is 0 Å². The van der Waals surface area contributed by atoms with E-state index in [4.69, 9.17) is 4.74 Å². The molecule has 12 heavy (non-hydrogen) atoms. The van der Waals surface area contributed by atoms with E-state index in [1.54, 1.807) is 0 Å². The fourth-order valence-corrected chi connectivity index (χ4v) is 2.39. The van der Waals surface area contributed by atoms with Gasteiger partial charge in [0.05, 0.1) is 6.42 Å². The van der Waals surface area contributed by atoms with Crippen LogP contribution in [-0.4, -0.2) is 24.7 Å². The highest BCUT2D eigenvalue weighted by atomic mass is 16.6. The molecular formula is C9H15NO2. The van der Waals surface area contributed by atoms with Crippen molar-refractivity contribution in [1.82, 2.24) is 5.32 Å². The molecule has 2 aliphatic heterocycles. The summed E-state index contributed by atoms with van der Waals surface area (Å²) in [5, 5.41) is 3.31. The molecule has 0 aromatic rings. The molecule has 0 aliphatic carbocycles. The van der Waals surface area contributed by atoms with Gasteiger partial charge in [-0.3, -0.25) is 4.79 Å². The molecule has 2 saturated heterocycles. The summed E-state index contributed by atoms with van der Waals surface area (Å²) in [7, 11) is 0. The van der Waals surface area contributed by atoms with Crippen molar-refractivity contribution < 1.29 is 9.53 Å². The fraction of sp³-hybridized carbons (Fsp3) is 0.889. The van der Waals surface area contributed by atoms with Crippen LogP contribution in [0.25, 0.3) is 0 Å². The van der Waals surface area contributed by atoms with Gasteiger partial charge in [-0.05, 0) is 26.3 Å². The molecule has 0 amide bonds. The Morgan fingerprint density at radius 2 is 2.25 bits per heavy atom. The second kappa shape index (κ2) is 2.46. The van der Waals surface area contributed by atoms with E-state index in [1.165, 1.54) is 0 Å². The highest BCUT2D eigenvalue weighted by Gasteiger charge is 2.46. The number of nitrogens with one attached hydrogen (secondary N) is 1. The van der Waals surface area contributed by atoms with Crippen LogP contribution in [0, 0.1) is 11.8 Å². The summed E-state index contributed by atoms with van der Waals surface area (Å²) in [5.74, 6) is 0.974. The summed E-state index contributed by atoms with van der Waals surface area (Å²) in [6.07, 6.45) is 0.598. The Morgan fingerprint density at radius 1 is 1.50 bits per heavy atom. The average molecular weight is 169 g/mol. The molecule has 2 aliphatic rings.